The van der Waals surface area contributed by atoms with Gasteiger partial charge in [0.1, 0.15) is 12.5 Å². The second kappa shape index (κ2) is 6.52. The first kappa shape index (κ1) is 17.1. The summed E-state index contributed by atoms with van der Waals surface area (Å²) in [6.45, 7) is 2.91. The molecule has 0 aromatic carbocycles. The van der Waals surface area contributed by atoms with E-state index in [9.17, 15) is 9.59 Å². The molecule has 4 fully saturated rings. The van der Waals surface area contributed by atoms with E-state index in [0.29, 0.717) is 24.9 Å². The van der Waals surface area contributed by atoms with E-state index in [2.05, 4.69) is 31.3 Å². The van der Waals surface area contributed by atoms with Crippen molar-refractivity contribution in [2.75, 3.05) is 26.2 Å². The fraction of sp³-hybridized carbons (Fsp3) is 0.824. The lowest BCUT2D eigenvalue weighted by Crippen LogP contribution is -2.56. The van der Waals surface area contributed by atoms with Crippen molar-refractivity contribution < 1.29 is 9.59 Å². The number of carbonyl (C=O) groups excluding carboxylic acids is 2. The highest BCUT2D eigenvalue weighted by Gasteiger charge is 2.47. The second-order valence-corrected chi connectivity index (χ2v) is 8.48. The minimum atomic E-state index is -0.277. The van der Waals surface area contributed by atoms with E-state index >= 15 is 0 Å². The van der Waals surface area contributed by atoms with Crippen LogP contribution in [0.5, 0.6) is 0 Å². The van der Waals surface area contributed by atoms with Crippen molar-refractivity contribution >= 4 is 11.8 Å². The number of hydrogen-bond acceptors (Lipinski definition) is 7. The van der Waals surface area contributed by atoms with E-state index < -0.39 is 0 Å². The van der Waals surface area contributed by atoms with Gasteiger partial charge in [-0.2, -0.15) is 0 Å². The van der Waals surface area contributed by atoms with Gasteiger partial charge in [0.05, 0.1) is 5.92 Å². The minimum Gasteiger partial charge on any atom is -0.342 e. The molecule has 2 amide bonds. The van der Waals surface area contributed by atoms with Crippen LogP contribution >= 0.6 is 0 Å². The molecule has 4 aliphatic rings. The molecule has 10 heteroatoms. The summed E-state index contributed by atoms with van der Waals surface area (Å²) in [7, 11) is 0. The Kier molecular flexibility index (Phi) is 4.12. The molecule has 0 radical (unpaired) electrons. The summed E-state index contributed by atoms with van der Waals surface area (Å²) in [5.41, 5.74) is 6.24. The lowest BCUT2D eigenvalue weighted by Gasteiger charge is -2.49. The van der Waals surface area contributed by atoms with Crippen molar-refractivity contribution in [1.82, 2.24) is 40.9 Å². The van der Waals surface area contributed by atoms with Gasteiger partial charge in [-0.1, -0.05) is 0 Å². The van der Waals surface area contributed by atoms with E-state index in [1.54, 1.807) is 4.68 Å². The first-order valence-corrected chi connectivity index (χ1v) is 9.94. The standard InChI is InChI=1S/C17H26N8O2/c26-14-4-6-17(10-24(14)12-2-3-12)5-1-7-23(9-17)16(27)13-8-18-20-15(13)25-11-19-21-22-25/h11-13,15,18,20H,1-10H2. The summed E-state index contributed by atoms with van der Waals surface area (Å²) in [6, 6.07) is 0.452. The molecule has 3 saturated heterocycles. The number of rotatable bonds is 3. The summed E-state index contributed by atoms with van der Waals surface area (Å²) < 4.78 is 1.59. The molecular formula is C17H26N8O2. The van der Waals surface area contributed by atoms with Crippen molar-refractivity contribution in [3.63, 3.8) is 0 Å². The Morgan fingerprint density at radius 1 is 1.26 bits per heavy atom. The molecule has 1 saturated carbocycles. The highest BCUT2D eigenvalue weighted by Crippen LogP contribution is 2.42. The Bertz CT molecular complexity index is 721. The molecule has 1 aromatic rings. The smallest absolute Gasteiger partial charge is 0.230 e. The zero-order valence-electron chi connectivity index (χ0n) is 15.4. The largest absolute Gasteiger partial charge is 0.342 e. The zero-order chi connectivity index (χ0) is 18.4. The summed E-state index contributed by atoms with van der Waals surface area (Å²) in [5, 5.41) is 11.3. The normalized spacial score (nSPS) is 34.4. The maximum absolute atomic E-state index is 13.3. The lowest BCUT2D eigenvalue weighted by atomic mass is 9.73. The summed E-state index contributed by atoms with van der Waals surface area (Å²) in [5.74, 6) is 0.199. The van der Waals surface area contributed by atoms with E-state index in [0.717, 1.165) is 51.7 Å². The van der Waals surface area contributed by atoms with Crippen LogP contribution in [0.4, 0.5) is 0 Å². The quantitative estimate of drug-likeness (QED) is 0.719. The monoisotopic (exact) mass is 374 g/mol. The summed E-state index contributed by atoms with van der Waals surface area (Å²) in [6.07, 6.45) is 7.15. The molecule has 3 atom stereocenters. The van der Waals surface area contributed by atoms with Crippen LogP contribution in [0.1, 0.15) is 44.7 Å². The number of carbonyl (C=O) groups is 2. The van der Waals surface area contributed by atoms with Crippen LogP contribution < -0.4 is 10.9 Å². The molecule has 10 nitrogen and oxygen atoms in total. The predicted molar refractivity (Wildman–Crippen MR) is 93.7 cm³/mol. The summed E-state index contributed by atoms with van der Waals surface area (Å²) in [4.78, 5) is 29.7. The molecule has 1 aliphatic carbocycles. The SMILES string of the molecule is O=C(C1CNNC1n1cnnn1)N1CCCC2(CCC(=O)N(C3CC3)C2)C1. The average molecular weight is 374 g/mol. The van der Waals surface area contributed by atoms with Crippen LogP contribution in [-0.4, -0.2) is 74.0 Å². The van der Waals surface area contributed by atoms with Crippen molar-refractivity contribution in [3.8, 4) is 0 Å². The Morgan fingerprint density at radius 2 is 2.15 bits per heavy atom. The van der Waals surface area contributed by atoms with Crippen LogP contribution in [-0.2, 0) is 9.59 Å². The van der Waals surface area contributed by atoms with Gasteiger partial charge in [0.25, 0.3) is 0 Å². The molecule has 5 rings (SSSR count). The average Bonchev–Trinajstić information content (AvgIpc) is 3.17. The van der Waals surface area contributed by atoms with Crippen LogP contribution in [0.2, 0.25) is 0 Å². The predicted octanol–water partition coefficient (Wildman–Crippen LogP) is -0.711. The fourth-order valence-electron chi connectivity index (χ4n) is 4.98. The van der Waals surface area contributed by atoms with E-state index in [4.69, 9.17) is 0 Å². The van der Waals surface area contributed by atoms with Crippen molar-refractivity contribution in [1.29, 1.82) is 0 Å². The Labute approximate surface area is 157 Å². The molecular weight excluding hydrogens is 348 g/mol. The molecule has 0 bridgehead atoms. The van der Waals surface area contributed by atoms with E-state index in [1.165, 1.54) is 6.33 Å². The second-order valence-electron chi connectivity index (χ2n) is 8.48. The first-order valence-electron chi connectivity index (χ1n) is 9.94. The van der Waals surface area contributed by atoms with Gasteiger partial charge in [-0.15, -0.1) is 5.10 Å². The molecule has 3 aliphatic heterocycles. The van der Waals surface area contributed by atoms with E-state index in [-0.39, 0.29) is 23.4 Å². The number of piperidine rings is 2. The van der Waals surface area contributed by atoms with Crippen LogP contribution in [0.15, 0.2) is 6.33 Å². The Hall–Kier alpha value is -2.07. The van der Waals surface area contributed by atoms with Gasteiger partial charge in [-0.25, -0.2) is 10.1 Å². The molecule has 27 heavy (non-hydrogen) atoms. The minimum absolute atomic E-state index is 0.0637. The third-order valence-corrected chi connectivity index (χ3v) is 6.58. The van der Waals surface area contributed by atoms with Crippen LogP contribution in [0.25, 0.3) is 0 Å². The van der Waals surface area contributed by atoms with Crippen molar-refractivity contribution in [2.45, 2.75) is 50.7 Å². The number of likely N-dealkylation sites (tertiary alicyclic amines) is 2. The van der Waals surface area contributed by atoms with Gasteiger partial charge in [0.2, 0.25) is 11.8 Å². The lowest BCUT2D eigenvalue weighted by molar-refractivity contribution is -0.146. The van der Waals surface area contributed by atoms with Crippen molar-refractivity contribution in [2.24, 2.45) is 11.3 Å². The highest BCUT2D eigenvalue weighted by atomic mass is 16.2. The topological polar surface area (TPSA) is 108 Å². The third-order valence-electron chi connectivity index (χ3n) is 6.58. The number of nitrogens with one attached hydrogen (secondary N) is 2. The highest BCUT2D eigenvalue weighted by molar-refractivity contribution is 5.80. The van der Waals surface area contributed by atoms with Crippen molar-refractivity contribution in [3.05, 3.63) is 6.33 Å². The van der Waals surface area contributed by atoms with Gasteiger partial charge in [-0.3, -0.25) is 15.0 Å². The Balaban J connectivity index is 1.30. The zero-order valence-corrected chi connectivity index (χ0v) is 15.4. The third kappa shape index (κ3) is 3.10. The first-order chi connectivity index (χ1) is 13.2. The summed E-state index contributed by atoms with van der Waals surface area (Å²) >= 11 is 0. The molecule has 146 valence electrons. The Morgan fingerprint density at radius 3 is 2.93 bits per heavy atom. The fourth-order valence-corrected chi connectivity index (χ4v) is 4.98. The number of nitrogens with zero attached hydrogens (tertiary/aromatic N) is 6. The van der Waals surface area contributed by atoms with Gasteiger partial charge in [0.15, 0.2) is 0 Å². The van der Waals surface area contributed by atoms with Gasteiger partial charge >= 0.3 is 0 Å². The van der Waals surface area contributed by atoms with E-state index in [1.807, 2.05) is 4.90 Å². The van der Waals surface area contributed by atoms with Crippen LogP contribution in [0.3, 0.4) is 0 Å². The number of hydrazine groups is 1. The molecule has 3 unspecified atom stereocenters. The molecule has 2 N–H and O–H groups in total. The van der Waals surface area contributed by atoms with Gasteiger partial charge in [0, 0.05) is 44.1 Å². The number of aromatic nitrogens is 4. The van der Waals surface area contributed by atoms with Gasteiger partial charge in [-0.05, 0) is 42.5 Å². The van der Waals surface area contributed by atoms with Crippen LogP contribution in [0, 0.1) is 11.3 Å². The molecule has 4 heterocycles. The van der Waals surface area contributed by atoms with Gasteiger partial charge < -0.3 is 9.80 Å². The molecule has 1 aromatic heterocycles. The number of hydrogen-bond donors (Lipinski definition) is 2. The number of tetrazole rings is 1. The maximum atomic E-state index is 13.3. The molecule has 1 spiro atoms. The number of amides is 2. The maximum Gasteiger partial charge on any atom is 0.230 e.